The van der Waals surface area contributed by atoms with Crippen molar-refractivity contribution in [3.63, 3.8) is 0 Å². The van der Waals surface area contributed by atoms with Crippen LogP contribution < -0.4 is 10.1 Å². The lowest BCUT2D eigenvalue weighted by Gasteiger charge is -2.08. The number of pyridine rings is 1. The Kier molecular flexibility index (Phi) is 4.10. The molecule has 3 nitrogen and oxygen atoms in total. The summed E-state index contributed by atoms with van der Waals surface area (Å²) in [6.45, 7) is 0.717. The maximum absolute atomic E-state index is 13.4. The van der Waals surface area contributed by atoms with Crippen LogP contribution in [0.25, 0.3) is 0 Å². The predicted molar refractivity (Wildman–Crippen MR) is 74.8 cm³/mol. The molecule has 0 amide bonds. The molecule has 1 aliphatic rings. The van der Waals surface area contributed by atoms with Crippen LogP contribution in [-0.4, -0.2) is 11.0 Å². The van der Waals surface area contributed by atoms with E-state index >= 15 is 0 Å². The summed E-state index contributed by atoms with van der Waals surface area (Å²) in [6, 6.07) is 7.61. The molecular formula is C16H16F2N2O. The van der Waals surface area contributed by atoms with Gasteiger partial charge in [-0.1, -0.05) is 0 Å². The van der Waals surface area contributed by atoms with Crippen LogP contribution >= 0.6 is 0 Å². The van der Waals surface area contributed by atoms with Gasteiger partial charge in [-0.15, -0.1) is 0 Å². The summed E-state index contributed by atoms with van der Waals surface area (Å²) >= 11 is 0. The van der Waals surface area contributed by atoms with Crippen molar-refractivity contribution in [2.24, 2.45) is 0 Å². The number of halogens is 2. The van der Waals surface area contributed by atoms with Gasteiger partial charge in [0.05, 0.1) is 11.9 Å². The van der Waals surface area contributed by atoms with Gasteiger partial charge < -0.3 is 10.1 Å². The van der Waals surface area contributed by atoms with E-state index in [1.807, 2.05) is 6.07 Å². The van der Waals surface area contributed by atoms with Gasteiger partial charge in [0.1, 0.15) is 24.0 Å². The average Bonchev–Trinajstić information content (AvgIpc) is 3.31. The van der Waals surface area contributed by atoms with E-state index in [1.54, 1.807) is 12.3 Å². The molecule has 21 heavy (non-hydrogen) atoms. The van der Waals surface area contributed by atoms with Crippen molar-refractivity contribution in [2.45, 2.75) is 32.0 Å². The molecule has 1 fully saturated rings. The minimum atomic E-state index is -0.477. The molecule has 110 valence electrons. The van der Waals surface area contributed by atoms with Gasteiger partial charge in [-0.05, 0) is 43.2 Å². The molecule has 1 N–H and O–H groups in total. The van der Waals surface area contributed by atoms with Crippen LogP contribution in [0.1, 0.15) is 24.1 Å². The fourth-order valence-corrected chi connectivity index (χ4v) is 1.95. The van der Waals surface area contributed by atoms with Crippen molar-refractivity contribution in [3.8, 4) is 5.75 Å². The van der Waals surface area contributed by atoms with Gasteiger partial charge in [0, 0.05) is 18.2 Å². The molecule has 0 unspecified atom stereocenters. The van der Waals surface area contributed by atoms with Crippen LogP contribution in [0, 0.1) is 11.6 Å². The second-order valence-electron chi connectivity index (χ2n) is 5.16. The molecule has 5 heteroatoms. The highest BCUT2D eigenvalue weighted by atomic mass is 19.1. The number of rotatable bonds is 6. The second-order valence-corrected chi connectivity index (χ2v) is 5.16. The number of hydrogen-bond donors (Lipinski definition) is 1. The number of nitrogens with zero attached hydrogens (tertiary/aromatic N) is 1. The molecule has 0 spiro atoms. The van der Waals surface area contributed by atoms with E-state index in [4.69, 9.17) is 4.74 Å². The van der Waals surface area contributed by atoms with E-state index in [2.05, 4.69) is 10.3 Å². The Morgan fingerprint density at radius 3 is 2.76 bits per heavy atom. The monoisotopic (exact) mass is 290 g/mol. The van der Waals surface area contributed by atoms with E-state index in [0.29, 0.717) is 11.8 Å². The molecule has 1 saturated carbocycles. The Morgan fingerprint density at radius 1 is 1.19 bits per heavy atom. The van der Waals surface area contributed by atoms with Crippen LogP contribution in [-0.2, 0) is 13.2 Å². The Hall–Kier alpha value is -2.01. The van der Waals surface area contributed by atoms with E-state index in [0.717, 1.165) is 30.4 Å². The van der Waals surface area contributed by atoms with Crippen molar-refractivity contribution in [1.82, 2.24) is 10.3 Å². The van der Waals surface area contributed by atoms with Crippen molar-refractivity contribution in [1.29, 1.82) is 0 Å². The summed E-state index contributed by atoms with van der Waals surface area (Å²) in [6.07, 6.45) is 4.07. The van der Waals surface area contributed by atoms with Crippen LogP contribution in [0.4, 0.5) is 8.78 Å². The first kappa shape index (κ1) is 13.9. The second kappa shape index (κ2) is 6.18. The molecule has 0 bridgehead atoms. The zero-order valence-corrected chi connectivity index (χ0v) is 11.5. The normalized spacial score (nSPS) is 14.2. The number of aromatic nitrogens is 1. The van der Waals surface area contributed by atoms with Gasteiger partial charge in [-0.3, -0.25) is 4.98 Å². The highest BCUT2D eigenvalue weighted by Gasteiger charge is 2.20. The zero-order valence-electron chi connectivity index (χ0n) is 11.5. The quantitative estimate of drug-likeness (QED) is 0.887. The van der Waals surface area contributed by atoms with Crippen molar-refractivity contribution in [3.05, 3.63) is 59.4 Å². The van der Waals surface area contributed by atoms with Gasteiger partial charge in [-0.25, -0.2) is 8.78 Å². The van der Waals surface area contributed by atoms with Gasteiger partial charge in [0.2, 0.25) is 0 Å². The lowest BCUT2D eigenvalue weighted by atomic mass is 10.2. The fraction of sp³-hybridized carbons (Fsp3) is 0.312. The number of hydrogen-bond acceptors (Lipinski definition) is 3. The zero-order chi connectivity index (χ0) is 14.7. The number of ether oxygens (including phenoxy) is 1. The molecule has 0 saturated heterocycles. The molecule has 1 aromatic heterocycles. The smallest absolute Gasteiger partial charge is 0.138 e. The van der Waals surface area contributed by atoms with E-state index in [-0.39, 0.29) is 12.2 Å². The van der Waals surface area contributed by atoms with Crippen molar-refractivity contribution in [2.75, 3.05) is 0 Å². The first-order valence-corrected chi connectivity index (χ1v) is 6.96. The summed E-state index contributed by atoms with van der Waals surface area (Å²) in [7, 11) is 0. The minimum absolute atomic E-state index is 0.0229. The van der Waals surface area contributed by atoms with Crippen molar-refractivity contribution < 1.29 is 13.5 Å². The molecule has 3 rings (SSSR count). The Morgan fingerprint density at radius 2 is 2.05 bits per heavy atom. The summed E-state index contributed by atoms with van der Waals surface area (Å²) in [4.78, 5) is 4.28. The third-order valence-corrected chi connectivity index (χ3v) is 3.35. The largest absolute Gasteiger partial charge is 0.487 e. The topological polar surface area (TPSA) is 34.1 Å². The third kappa shape index (κ3) is 3.98. The average molecular weight is 290 g/mol. The van der Waals surface area contributed by atoms with Crippen LogP contribution in [0.2, 0.25) is 0 Å². The molecule has 0 radical (unpaired) electrons. The number of benzene rings is 1. The molecule has 1 heterocycles. The van der Waals surface area contributed by atoms with Gasteiger partial charge >= 0.3 is 0 Å². The summed E-state index contributed by atoms with van der Waals surface area (Å²) in [5, 5.41) is 3.37. The summed E-state index contributed by atoms with van der Waals surface area (Å²) in [5.41, 5.74) is 1.13. The van der Waals surface area contributed by atoms with E-state index in [1.165, 1.54) is 12.8 Å². The first-order chi connectivity index (χ1) is 10.2. The maximum Gasteiger partial charge on any atom is 0.138 e. The SMILES string of the molecule is Fc1ccc(F)c(COc2ccc(CNC3CC3)nc2)c1. The molecule has 2 aromatic rings. The van der Waals surface area contributed by atoms with Crippen LogP contribution in [0.3, 0.4) is 0 Å². The van der Waals surface area contributed by atoms with Crippen LogP contribution in [0.5, 0.6) is 5.75 Å². The van der Waals surface area contributed by atoms with Gasteiger partial charge in [-0.2, -0.15) is 0 Å². The Bertz CT molecular complexity index is 612. The summed E-state index contributed by atoms with van der Waals surface area (Å²) in [5.74, 6) is -0.418. The fourth-order valence-electron chi connectivity index (χ4n) is 1.95. The van der Waals surface area contributed by atoms with Crippen LogP contribution in [0.15, 0.2) is 36.5 Å². The molecule has 0 aliphatic heterocycles. The number of nitrogens with one attached hydrogen (secondary N) is 1. The predicted octanol–water partition coefficient (Wildman–Crippen LogP) is 3.19. The molecule has 0 atom stereocenters. The van der Waals surface area contributed by atoms with Gasteiger partial charge in [0.15, 0.2) is 0 Å². The highest BCUT2D eigenvalue weighted by molar-refractivity contribution is 5.22. The first-order valence-electron chi connectivity index (χ1n) is 6.96. The highest BCUT2D eigenvalue weighted by Crippen LogP contribution is 2.19. The van der Waals surface area contributed by atoms with Gasteiger partial charge in [0.25, 0.3) is 0 Å². The van der Waals surface area contributed by atoms with E-state index in [9.17, 15) is 8.78 Å². The lowest BCUT2D eigenvalue weighted by Crippen LogP contribution is -2.16. The third-order valence-electron chi connectivity index (χ3n) is 3.35. The minimum Gasteiger partial charge on any atom is -0.487 e. The molecular weight excluding hydrogens is 274 g/mol. The standard InChI is InChI=1S/C16H16F2N2O/c17-12-1-6-16(18)11(7-12)10-21-15-5-4-14(20-9-15)8-19-13-2-3-13/h1,4-7,9,13,19H,2-3,8,10H2. The van der Waals surface area contributed by atoms with Crippen molar-refractivity contribution >= 4 is 0 Å². The molecule has 1 aliphatic carbocycles. The summed E-state index contributed by atoms with van der Waals surface area (Å²) < 4.78 is 31.9. The maximum atomic E-state index is 13.4. The lowest BCUT2D eigenvalue weighted by molar-refractivity contribution is 0.297. The Balaban J connectivity index is 1.55. The van der Waals surface area contributed by atoms with E-state index < -0.39 is 11.6 Å². The molecule has 1 aromatic carbocycles. The Labute approximate surface area is 122 Å².